The topological polar surface area (TPSA) is 103 Å². The minimum absolute atomic E-state index is 0.0318. The monoisotopic (exact) mass is 369 g/mol. The van der Waals surface area contributed by atoms with Crippen molar-refractivity contribution in [2.75, 3.05) is 36.4 Å². The molecule has 0 unspecified atom stereocenters. The number of carbonyl (C=O) groups excluding carboxylic acids is 1. The molecule has 0 radical (unpaired) electrons. The Morgan fingerprint density at radius 3 is 2.41 bits per heavy atom. The van der Waals surface area contributed by atoms with Crippen molar-refractivity contribution < 1.29 is 14.1 Å². The zero-order chi connectivity index (χ0) is 19.4. The number of piperazine rings is 1. The summed E-state index contributed by atoms with van der Waals surface area (Å²) in [5.74, 6) is -0.540. The summed E-state index contributed by atoms with van der Waals surface area (Å²) >= 11 is 0. The highest BCUT2D eigenvalue weighted by atomic mass is 19.1. The Bertz CT molecular complexity index is 902. The van der Waals surface area contributed by atoms with E-state index in [1.165, 1.54) is 24.3 Å². The molecular formula is C18H16FN5O3. The van der Waals surface area contributed by atoms with Crippen LogP contribution in [0.3, 0.4) is 0 Å². The summed E-state index contributed by atoms with van der Waals surface area (Å²) in [6, 6.07) is 11.4. The molecule has 3 rings (SSSR count). The number of nitrogens with one attached hydrogen (secondary N) is 1. The number of nitriles is 1. The highest BCUT2D eigenvalue weighted by Gasteiger charge is 2.22. The summed E-state index contributed by atoms with van der Waals surface area (Å²) in [5.41, 5.74) is 1.21. The first-order valence-electron chi connectivity index (χ1n) is 8.23. The molecule has 1 aliphatic rings. The Balaban J connectivity index is 1.59. The fourth-order valence-corrected chi connectivity index (χ4v) is 2.87. The largest absolute Gasteiger partial charge is 0.368 e. The molecule has 1 aliphatic heterocycles. The van der Waals surface area contributed by atoms with E-state index in [4.69, 9.17) is 5.26 Å². The van der Waals surface area contributed by atoms with Crippen molar-refractivity contribution in [3.63, 3.8) is 0 Å². The Hall–Kier alpha value is -3.67. The van der Waals surface area contributed by atoms with Crippen molar-refractivity contribution in [1.82, 2.24) is 4.90 Å². The first-order chi connectivity index (χ1) is 13.0. The number of urea groups is 1. The van der Waals surface area contributed by atoms with Gasteiger partial charge < -0.3 is 15.1 Å². The number of nitro benzene ring substituents is 1. The molecule has 1 N–H and O–H groups in total. The number of halogens is 1. The molecule has 2 aromatic carbocycles. The number of rotatable bonds is 3. The van der Waals surface area contributed by atoms with Gasteiger partial charge in [-0.1, -0.05) is 0 Å². The number of non-ortho nitro benzene ring substituents is 1. The van der Waals surface area contributed by atoms with E-state index in [-0.39, 0.29) is 23.0 Å². The molecule has 138 valence electrons. The van der Waals surface area contributed by atoms with Crippen molar-refractivity contribution in [1.29, 1.82) is 5.26 Å². The second-order valence-electron chi connectivity index (χ2n) is 5.98. The van der Waals surface area contributed by atoms with Crippen molar-refractivity contribution in [3.05, 3.63) is 64.0 Å². The molecule has 2 amide bonds. The predicted octanol–water partition coefficient (Wildman–Crippen LogP) is 2.96. The first-order valence-corrected chi connectivity index (χ1v) is 8.23. The van der Waals surface area contributed by atoms with Gasteiger partial charge in [-0.3, -0.25) is 10.1 Å². The lowest BCUT2D eigenvalue weighted by molar-refractivity contribution is -0.384. The Kier molecular flexibility index (Phi) is 5.17. The van der Waals surface area contributed by atoms with Gasteiger partial charge in [0.05, 0.1) is 16.2 Å². The third-order valence-electron chi connectivity index (χ3n) is 4.34. The van der Waals surface area contributed by atoms with Gasteiger partial charge in [-0.2, -0.15) is 5.26 Å². The molecule has 0 atom stereocenters. The number of anilines is 2. The number of amides is 2. The number of nitro groups is 1. The molecule has 8 nitrogen and oxygen atoms in total. The van der Waals surface area contributed by atoms with Crippen molar-refractivity contribution >= 4 is 23.1 Å². The minimum atomic E-state index is -0.540. The summed E-state index contributed by atoms with van der Waals surface area (Å²) in [5, 5.41) is 22.4. The molecule has 1 saturated heterocycles. The molecule has 27 heavy (non-hydrogen) atoms. The molecule has 0 saturated carbocycles. The van der Waals surface area contributed by atoms with Crippen LogP contribution in [0.1, 0.15) is 5.56 Å². The van der Waals surface area contributed by atoms with Gasteiger partial charge in [-0.25, -0.2) is 9.18 Å². The van der Waals surface area contributed by atoms with Gasteiger partial charge >= 0.3 is 6.03 Å². The Morgan fingerprint density at radius 1 is 1.15 bits per heavy atom. The third-order valence-corrected chi connectivity index (χ3v) is 4.34. The molecule has 1 heterocycles. The van der Waals surface area contributed by atoms with Crippen molar-refractivity contribution in [2.24, 2.45) is 0 Å². The summed E-state index contributed by atoms with van der Waals surface area (Å²) in [6.07, 6.45) is 0. The van der Waals surface area contributed by atoms with E-state index >= 15 is 0 Å². The average molecular weight is 369 g/mol. The van der Waals surface area contributed by atoms with Crippen LogP contribution in [0.15, 0.2) is 42.5 Å². The minimum Gasteiger partial charge on any atom is -0.368 e. The van der Waals surface area contributed by atoms with Crippen LogP contribution in [0.5, 0.6) is 0 Å². The maximum atomic E-state index is 13.2. The molecule has 0 aromatic heterocycles. The molecular weight excluding hydrogens is 353 g/mol. The van der Waals surface area contributed by atoms with Gasteiger partial charge in [0, 0.05) is 44.0 Å². The van der Waals surface area contributed by atoms with E-state index in [1.807, 2.05) is 11.0 Å². The van der Waals surface area contributed by atoms with Gasteiger partial charge in [-0.15, -0.1) is 0 Å². The normalized spacial score (nSPS) is 13.8. The van der Waals surface area contributed by atoms with Gasteiger partial charge in [-0.05, 0) is 30.3 Å². The molecule has 1 fully saturated rings. The summed E-state index contributed by atoms with van der Waals surface area (Å²) < 4.78 is 13.2. The number of carbonyl (C=O) groups is 1. The summed E-state index contributed by atoms with van der Waals surface area (Å²) in [4.78, 5) is 26.3. The van der Waals surface area contributed by atoms with Crippen LogP contribution in [0.25, 0.3) is 0 Å². The lowest BCUT2D eigenvalue weighted by Gasteiger charge is -2.36. The highest BCUT2D eigenvalue weighted by Crippen LogP contribution is 2.21. The van der Waals surface area contributed by atoms with Crippen molar-refractivity contribution in [2.45, 2.75) is 0 Å². The predicted molar refractivity (Wildman–Crippen MR) is 97.0 cm³/mol. The standard InChI is InChI=1S/C18H16FN5O3/c19-14-1-6-17(13(11-14)12-20)21-18(25)23-9-7-22(8-10-23)15-2-4-16(5-3-15)24(26)27/h1-6,11H,7-10H2,(H,21,25). The zero-order valence-electron chi connectivity index (χ0n) is 14.3. The molecule has 0 aliphatic carbocycles. The SMILES string of the molecule is N#Cc1cc(F)ccc1NC(=O)N1CCN(c2ccc([N+](=O)[O-])cc2)CC1. The Labute approximate surface area is 154 Å². The van der Waals surface area contributed by atoms with E-state index < -0.39 is 10.7 Å². The average Bonchev–Trinajstić information content (AvgIpc) is 2.69. The van der Waals surface area contributed by atoms with Crippen LogP contribution < -0.4 is 10.2 Å². The van der Waals surface area contributed by atoms with E-state index in [0.29, 0.717) is 26.2 Å². The quantitative estimate of drug-likeness (QED) is 0.662. The maximum Gasteiger partial charge on any atom is 0.322 e. The Morgan fingerprint density at radius 2 is 1.81 bits per heavy atom. The summed E-state index contributed by atoms with van der Waals surface area (Å²) in [6.45, 7) is 2.04. The van der Waals surface area contributed by atoms with Crippen molar-refractivity contribution in [3.8, 4) is 6.07 Å². The molecule has 2 aromatic rings. The lowest BCUT2D eigenvalue weighted by Crippen LogP contribution is -2.50. The molecule has 9 heteroatoms. The highest BCUT2D eigenvalue weighted by molar-refractivity contribution is 5.91. The van der Waals surface area contributed by atoms with Gasteiger partial charge in [0.1, 0.15) is 11.9 Å². The van der Waals surface area contributed by atoms with E-state index in [2.05, 4.69) is 5.32 Å². The lowest BCUT2D eigenvalue weighted by atomic mass is 10.2. The fraction of sp³-hybridized carbons (Fsp3) is 0.222. The second kappa shape index (κ2) is 7.70. The van der Waals surface area contributed by atoms with Crippen LogP contribution in [-0.4, -0.2) is 42.0 Å². The van der Waals surface area contributed by atoms with Gasteiger partial charge in [0.2, 0.25) is 0 Å². The van der Waals surface area contributed by atoms with Crippen LogP contribution in [0, 0.1) is 27.3 Å². The number of hydrogen-bond acceptors (Lipinski definition) is 5. The van der Waals surface area contributed by atoms with Crippen LogP contribution >= 0.6 is 0 Å². The van der Waals surface area contributed by atoms with Gasteiger partial charge in [0.15, 0.2) is 0 Å². The number of benzene rings is 2. The first kappa shape index (κ1) is 18.1. The summed E-state index contributed by atoms with van der Waals surface area (Å²) in [7, 11) is 0. The van der Waals surface area contributed by atoms with Gasteiger partial charge in [0.25, 0.3) is 5.69 Å². The van der Waals surface area contributed by atoms with E-state index in [9.17, 15) is 19.3 Å². The smallest absolute Gasteiger partial charge is 0.322 e. The van der Waals surface area contributed by atoms with E-state index in [1.54, 1.807) is 17.0 Å². The van der Waals surface area contributed by atoms with Crippen LogP contribution in [-0.2, 0) is 0 Å². The van der Waals surface area contributed by atoms with Crippen LogP contribution in [0.4, 0.5) is 26.2 Å². The maximum absolute atomic E-state index is 13.2. The van der Waals surface area contributed by atoms with E-state index in [0.717, 1.165) is 11.8 Å². The molecule has 0 spiro atoms. The zero-order valence-corrected chi connectivity index (χ0v) is 14.3. The number of nitrogens with zero attached hydrogens (tertiary/aromatic N) is 4. The van der Waals surface area contributed by atoms with Crippen LogP contribution in [0.2, 0.25) is 0 Å². The molecule has 0 bridgehead atoms. The number of hydrogen-bond donors (Lipinski definition) is 1. The fourth-order valence-electron chi connectivity index (χ4n) is 2.87. The third kappa shape index (κ3) is 4.12. The second-order valence-corrected chi connectivity index (χ2v) is 5.98.